The van der Waals surface area contributed by atoms with Gasteiger partial charge >= 0.3 is 0 Å². The van der Waals surface area contributed by atoms with Gasteiger partial charge in [-0.2, -0.15) is 0 Å². The zero-order valence-electron chi connectivity index (χ0n) is 6.90. The van der Waals surface area contributed by atoms with Crippen LogP contribution in [0.2, 0.25) is 0 Å². The number of aliphatic hydroxyl groups is 2. The SMILES string of the molecule is CN(C)C1CCOC(O)C1O. The Kier molecular flexibility index (Phi) is 2.84. The monoisotopic (exact) mass is 161 g/mol. The van der Waals surface area contributed by atoms with E-state index in [4.69, 9.17) is 9.84 Å². The number of rotatable bonds is 1. The Morgan fingerprint density at radius 2 is 2.00 bits per heavy atom. The smallest absolute Gasteiger partial charge is 0.182 e. The second kappa shape index (κ2) is 3.49. The quantitative estimate of drug-likeness (QED) is 0.519. The van der Waals surface area contributed by atoms with E-state index < -0.39 is 12.4 Å². The Balaban J connectivity index is 2.51. The molecule has 1 fully saturated rings. The molecule has 2 N–H and O–H groups in total. The van der Waals surface area contributed by atoms with Crippen molar-refractivity contribution in [3.05, 3.63) is 0 Å². The highest BCUT2D eigenvalue weighted by Crippen LogP contribution is 2.16. The summed E-state index contributed by atoms with van der Waals surface area (Å²) in [5, 5.41) is 18.5. The average molecular weight is 161 g/mol. The number of aliphatic hydroxyl groups excluding tert-OH is 2. The fourth-order valence-corrected chi connectivity index (χ4v) is 1.33. The van der Waals surface area contributed by atoms with Gasteiger partial charge in [-0.1, -0.05) is 0 Å². The van der Waals surface area contributed by atoms with E-state index in [-0.39, 0.29) is 6.04 Å². The standard InChI is InChI=1S/C7H15NO3/c1-8(2)5-3-4-11-7(10)6(5)9/h5-7,9-10H,3-4H2,1-2H3. The van der Waals surface area contributed by atoms with Gasteiger partial charge < -0.3 is 19.8 Å². The summed E-state index contributed by atoms with van der Waals surface area (Å²) in [4.78, 5) is 1.90. The highest BCUT2D eigenvalue weighted by molar-refractivity contribution is 4.80. The normalized spacial score (nSPS) is 39.5. The van der Waals surface area contributed by atoms with Gasteiger partial charge in [0.2, 0.25) is 0 Å². The molecule has 3 unspecified atom stereocenters. The lowest BCUT2D eigenvalue weighted by molar-refractivity contribution is -0.205. The molecule has 4 heteroatoms. The van der Waals surface area contributed by atoms with Gasteiger partial charge in [-0.05, 0) is 20.5 Å². The van der Waals surface area contributed by atoms with Crippen molar-refractivity contribution in [2.75, 3.05) is 20.7 Å². The molecule has 1 rings (SSSR count). The zero-order chi connectivity index (χ0) is 8.43. The van der Waals surface area contributed by atoms with Crippen molar-refractivity contribution in [1.29, 1.82) is 0 Å². The van der Waals surface area contributed by atoms with E-state index in [0.29, 0.717) is 6.61 Å². The summed E-state index contributed by atoms with van der Waals surface area (Å²) in [5.41, 5.74) is 0. The first-order valence-electron chi connectivity index (χ1n) is 3.77. The molecule has 1 saturated heterocycles. The lowest BCUT2D eigenvalue weighted by Gasteiger charge is -2.35. The second-order valence-electron chi connectivity index (χ2n) is 3.07. The molecule has 3 atom stereocenters. The summed E-state index contributed by atoms with van der Waals surface area (Å²) in [7, 11) is 3.76. The lowest BCUT2D eigenvalue weighted by Crippen LogP contribution is -2.50. The minimum atomic E-state index is -1.02. The first kappa shape index (κ1) is 8.93. The van der Waals surface area contributed by atoms with Crippen LogP contribution in [0.1, 0.15) is 6.42 Å². The van der Waals surface area contributed by atoms with E-state index in [0.717, 1.165) is 6.42 Å². The Labute approximate surface area is 66.4 Å². The van der Waals surface area contributed by atoms with Gasteiger partial charge in [-0.3, -0.25) is 0 Å². The van der Waals surface area contributed by atoms with Crippen molar-refractivity contribution in [3.8, 4) is 0 Å². The van der Waals surface area contributed by atoms with Crippen molar-refractivity contribution in [3.63, 3.8) is 0 Å². The van der Waals surface area contributed by atoms with Gasteiger partial charge in [0.05, 0.1) is 6.61 Å². The molecule has 0 amide bonds. The van der Waals surface area contributed by atoms with Crippen LogP contribution in [0.25, 0.3) is 0 Å². The fourth-order valence-electron chi connectivity index (χ4n) is 1.33. The summed E-state index contributed by atoms with van der Waals surface area (Å²) >= 11 is 0. The van der Waals surface area contributed by atoms with Crippen molar-refractivity contribution in [2.45, 2.75) is 24.9 Å². The van der Waals surface area contributed by atoms with Crippen LogP contribution < -0.4 is 0 Å². The summed E-state index contributed by atoms with van der Waals surface area (Å²) in [6.07, 6.45) is -1.03. The molecule has 4 nitrogen and oxygen atoms in total. The number of hydrogen-bond donors (Lipinski definition) is 2. The van der Waals surface area contributed by atoms with Gasteiger partial charge in [-0.15, -0.1) is 0 Å². The average Bonchev–Trinajstić information content (AvgIpc) is 1.94. The van der Waals surface area contributed by atoms with Crippen LogP contribution in [0.4, 0.5) is 0 Å². The second-order valence-corrected chi connectivity index (χ2v) is 3.07. The summed E-state index contributed by atoms with van der Waals surface area (Å²) < 4.78 is 4.85. The first-order valence-corrected chi connectivity index (χ1v) is 3.77. The van der Waals surface area contributed by atoms with Crippen LogP contribution in [0.15, 0.2) is 0 Å². The highest BCUT2D eigenvalue weighted by atomic mass is 16.6. The third-order valence-corrected chi connectivity index (χ3v) is 2.05. The molecule has 0 aromatic rings. The van der Waals surface area contributed by atoms with Crippen LogP contribution in [-0.4, -0.2) is 54.3 Å². The van der Waals surface area contributed by atoms with Crippen molar-refractivity contribution < 1.29 is 14.9 Å². The Morgan fingerprint density at radius 3 is 2.45 bits per heavy atom. The first-order chi connectivity index (χ1) is 5.13. The van der Waals surface area contributed by atoms with Crippen LogP contribution in [0.5, 0.6) is 0 Å². The fraction of sp³-hybridized carbons (Fsp3) is 1.00. The molecule has 1 heterocycles. The molecular weight excluding hydrogens is 146 g/mol. The van der Waals surface area contributed by atoms with Crippen molar-refractivity contribution in [2.24, 2.45) is 0 Å². The van der Waals surface area contributed by atoms with E-state index in [1.807, 2.05) is 19.0 Å². The largest absolute Gasteiger partial charge is 0.386 e. The molecule has 1 aliphatic heterocycles. The van der Waals surface area contributed by atoms with Gasteiger partial charge in [-0.25, -0.2) is 0 Å². The molecule has 11 heavy (non-hydrogen) atoms. The maximum atomic E-state index is 9.39. The predicted molar refractivity (Wildman–Crippen MR) is 40.1 cm³/mol. The minimum absolute atomic E-state index is 0.0127. The lowest BCUT2D eigenvalue weighted by atomic mass is 10.0. The molecule has 0 radical (unpaired) electrons. The molecule has 1 aliphatic rings. The Bertz CT molecular complexity index is 129. The molecule has 0 aromatic heterocycles. The summed E-state index contributed by atoms with van der Waals surface area (Å²) in [6.45, 7) is 0.515. The molecular formula is C7H15NO3. The number of nitrogens with zero attached hydrogens (tertiary/aromatic N) is 1. The molecule has 0 saturated carbocycles. The van der Waals surface area contributed by atoms with Crippen LogP contribution >= 0.6 is 0 Å². The van der Waals surface area contributed by atoms with Gasteiger partial charge in [0.25, 0.3) is 0 Å². The molecule has 0 aromatic carbocycles. The molecule has 0 bridgehead atoms. The highest BCUT2D eigenvalue weighted by Gasteiger charge is 2.32. The van der Waals surface area contributed by atoms with Crippen LogP contribution in [-0.2, 0) is 4.74 Å². The van der Waals surface area contributed by atoms with Crippen molar-refractivity contribution >= 4 is 0 Å². The third-order valence-electron chi connectivity index (χ3n) is 2.05. The summed E-state index contributed by atoms with van der Waals surface area (Å²) in [6, 6.07) is 0.0127. The van der Waals surface area contributed by atoms with Gasteiger partial charge in [0, 0.05) is 6.04 Å². The van der Waals surface area contributed by atoms with Crippen molar-refractivity contribution in [1.82, 2.24) is 4.90 Å². The van der Waals surface area contributed by atoms with Crippen LogP contribution in [0, 0.1) is 0 Å². The molecule has 0 spiro atoms. The number of ether oxygens (including phenoxy) is 1. The molecule has 66 valence electrons. The van der Waals surface area contributed by atoms with E-state index in [1.54, 1.807) is 0 Å². The maximum Gasteiger partial charge on any atom is 0.182 e. The molecule has 0 aliphatic carbocycles. The number of hydrogen-bond acceptors (Lipinski definition) is 4. The van der Waals surface area contributed by atoms with Gasteiger partial charge in [0.1, 0.15) is 6.10 Å². The number of likely N-dealkylation sites (N-methyl/N-ethyl adjacent to an activating group) is 1. The Hall–Kier alpha value is -0.160. The minimum Gasteiger partial charge on any atom is -0.386 e. The summed E-state index contributed by atoms with van der Waals surface area (Å²) in [5.74, 6) is 0. The maximum absolute atomic E-state index is 9.39. The van der Waals surface area contributed by atoms with E-state index in [2.05, 4.69) is 0 Å². The topological polar surface area (TPSA) is 52.9 Å². The third kappa shape index (κ3) is 1.90. The predicted octanol–water partition coefficient (Wildman–Crippen LogP) is -0.984. The van der Waals surface area contributed by atoms with E-state index >= 15 is 0 Å². The van der Waals surface area contributed by atoms with Crippen LogP contribution in [0.3, 0.4) is 0 Å². The van der Waals surface area contributed by atoms with E-state index in [1.165, 1.54) is 0 Å². The van der Waals surface area contributed by atoms with Gasteiger partial charge in [0.15, 0.2) is 6.29 Å². The Morgan fingerprint density at radius 1 is 1.36 bits per heavy atom. The van der Waals surface area contributed by atoms with E-state index in [9.17, 15) is 5.11 Å². The zero-order valence-corrected chi connectivity index (χ0v) is 6.90.